The minimum absolute atomic E-state index is 0.0302. The summed E-state index contributed by atoms with van der Waals surface area (Å²) < 4.78 is 5.13. The molecule has 1 heterocycles. The predicted molar refractivity (Wildman–Crippen MR) is 111 cm³/mol. The van der Waals surface area contributed by atoms with E-state index < -0.39 is 0 Å². The van der Waals surface area contributed by atoms with Gasteiger partial charge >= 0.3 is 0 Å². The molecular weight excluding hydrogens is 368 g/mol. The van der Waals surface area contributed by atoms with Gasteiger partial charge in [-0.3, -0.25) is 9.59 Å². The Morgan fingerprint density at radius 3 is 2.48 bits per heavy atom. The number of amides is 1. The van der Waals surface area contributed by atoms with Gasteiger partial charge in [0.05, 0.1) is 7.11 Å². The minimum Gasteiger partial charge on any atom is -0.497 e. The number of methoxy groups -OCH3 is 1. The molecule has 0 aliphatic carbocycles. The van der Waals surface area contributed by atoms with Gasteiger partial charge in [-0.05, 0) is 49.7 Å². The Kier molecular flexibility index (Phi) is 6.19. The maximum absolute atomic E-state index is 12.5. The SMILES string of the molecule is COc1ccc(CNC(=O)c2cc(C)nc(Nc3cccc(C(C)=O)c3)n2)cc1. The van der Waals surface area contributed by atoms with E-state index in [2.05, 4.69) is 20.6 Å². The van der Waals surface area contributed by atoms with E-state index in [0.29, 0.717) is 29.4 Å². The highest BCUT2D eigenvalue weighted by Crippen LogP contribution is 2.16. The second-order valence-electron chi connectivity index (χ2n) is 6.51. The van der Waals surface area contributed by atoms with Crippen molar-refractivity contribution >= 4 is 23.3 Å². The molecular formula is C22H22N4O3. The summed E-state index contributed by atoms with van der Waals surface area (Å²) in [6.07, 6.45) is 0. The van der Waals surface area contributed by atoms with Crippen LogP contribution in [0.1, 0.15) is 39.0 Å². The van der Waals surface area contributed by atoms with Crippen molar-refractivity contribution in [2.45, 2.75) is 20.4 Å². The van der Waals surface area contributed by atoms with E-state index in [9.17, 15) is 9.59 Å². The molecule has 3 aromatic rings. The lowest BCUT2D eigenvalue weighted by atomic mass is 10.1. The molecule has 0 unspecified atom stereocenters. The van der Waals surface area contributed by atoms with Gasteiger partial charge in [0.2, 0.25) is 5.95 Å². The van der Waals surface area contributed by atoms with Crippen molar-refractivity contribution in [2.24, 2.45) is 0 Å². The van der Waals surface area contributed by atoms with Gasteiger partial charge in [-0.2, -0.15) is 0 Å². The van der Waals surface area contributed by atoms with Crippen LogP contribution in [0, 0.1) is 6.92 Å². The molecule has 3 rings (SSSR count). The molecule has 29 heavy (non-hydrogen) atoms. The Balaban J connectivity index is 1.71. The number of ketones is 1. The zero-order valence-electron chi connectivity index (χ0n) is 16.5. The molecule has 7 heteroatoms. The van der Waals surface area contributed by atoms with E-state index in [0.717, 1.165) is 11.3 Å². The minimum atomic E-state index is -0.299. The van der Waals surface area contributed by atoms with Crippen molar-refractivity contribution in [3.8, 4) is 5.75 Å². The number of Topliss-reactive ketones (excluding diaryl/α,β-unsaturated/α-hetero) is 1. The summed E-state index contributed by atoms with van der Waals surface area (Å²) in [5.74, 6) is 0.723. The maximum atomic E-state index is 12.5. The van der Waals surface area contributed by atoms with Gasteiger partial charge in [0.15, 0.2) is 5.78 Å². The number of nitrogens with one attached hydrogen (secondary N) is 2. The normalized spacial score (nSPS) is 10.3. The predicted octanol–water partition coefficient (Wildman–Crippen LogP) is 3.67. The average Bonchev–Trinajstić information content (AvgIpc) is 2.72. The van der Waals surface area contributed by atoms with Gasteiger partial charge in [0.25, 0.3) is 5.91 Å². The van der Waals surface area contributed by atoms with E-state index in [1.807, 2.05) is 30.3 Å². The molecule has 0 aliphatic rings. The van der Waals surface area contributed by atoms with Crippen LogP contribution in [-0.4, -0.2) is 28.8 Å². The zero-order valence-corrected chi connectivity index (χ0v) is 16.5. The van der Waals surface area contributed by atoms with Gasteiger partial charge < -0.3 is 15.4 Å². The second-order valence-corrected chi connectivity index (χ2v) is 6.51. The van der Waals surface area contributed by atoms with Crippen molar-refractivity contribution in [1.82, 2.24) is 15.3 Å². The van der Waals surface area contributed by atoms with Crippen LogP contribution in [-0.2, 0) is 6.54 Å². The number of nitrogens with zero attached hydrogens (tertiary/aromatic N) is 2. The number of aryl methyl sites for hydroxylation is 1. The molecule has 7 nitrogen and oxygen atoms in total. The van der Waals surface area contributed by atoms with Crippen molar-refractivity contribution in [1.29, 1.82) is 0 Å². The first kappa shape index (κ1) is 20.0. The first-order valence-corrected chi connectivity index (χ1v) is 9.09. The highest BCUT2D eigenvalue weighted by Gasteiger charge is 2.11. The van der Waals surface area contributed by atoms with Crippen LogP contribution < -0.4 is 15.4 Å². The molecule has 148 valence electrons. The fraction of sp³-hybridized carbons (Fsp3) is 0.182. The molecule has 0 saturated carbocycles. The Bertz CT molecular complexity index is 1030. The third-order valence-corrected chi connectivity index (χ3v) is 4.22. The van der Waals surface area contributed by atoms with E-state index in [4.69, 9.17) is 4.74 Å². The van der Waals surface area contributed by atoms with Crippen LogP contribution >= 0.6 is 0 Å². The fourth-order valence-electron chi connectivity index (χ4n) is 2.70. The Morgan fingerprint density at radius 2 is 1.79 bits per heavy atom. The number of benzene rings is 2. The number of aromatic nitrogens is 2. The van der Waals surface area contributed by atoms with E-state index in [1.165, 1.54) is 6.92 Å². The molecule has 1 amide bonds. The van der Waals surface area contributed by atoms with Crippen molar-refractivity contribution in [2.75, 3.05) is 12.4 Å². The van der Waals surface area contributed by atoms with Gasteiger partial charge in [0.1, 0.15) is 11.4 Å². The Labute approximate surface area is 169 Å². The van der Waals surface area contributed by atoms with E-state index in [-0.39, 0.29) is 17.4 Å². The van der Waals surface area contributed by atoms with E-state index in [1.54, 1.807) is 38.3 Å². The molecule has 1 aromatic heterocycles. The summed E-state index contributed by atoms with van der Waals surface area (Å²) in [6, 6.07) is 16.1. The standard InChI is InChI=1S/C22H22N4O3/c1-14-11-20(21(28)23-13-16-7-9-19(29-3)10-8-16)26-22(24-14)25-18-6-4-5-17(12-18)15(2)27/h4-12H,13H2,1-3H3,(H,23,28)(H,24,25,26). The van der Waals surface area contributed by atoms with Gasteiger partial charge in [-0.1, -0.05) is 24.3 Å². The number of anilines is 2. The van der Waals surface area contributed by atoms with Gasteiger partial charge in [0, 0.05) is 23.5 Å². The maximum Gasteiger partial charge on any atom is 0.270 e. The first-order valence-electron chi connectivity index (χ1n) is 9.09. The zero-order chi connectivity index (χ0) is 20.8. The largest absolute Gasteiger partial charge is 0.497 e. The summed E-state index contributed by atoms with van der Waals surface area (Å²) in [7, 11) is 1.61. The molecule has 2 aromatic carbocycles. The monoisotopic (exact) mass is 390 g/mol. The summed E-state index contributed by atoms with van der Waals surface area (Å²) in [5.41, 5.74) is 3.12. The number of hydrogen-bond acceptors (Lipinski definition) is 6. The number of carbonyl (C=O) groups is 2. The van der Waals surface area contributed by atoms with Gasteiger partial charge in [-0.25, -0.2) is 9.97 Å². The Hall–Kier alpha value is -3.74. The van der Waals surface area contributed by atoms with Crippen LogP contribution in [0.3, 0.4) is 0 Å². The number of rotatable bonds is 7. The van der Waals surface area contributed by atoms with Crippen LogP contribution in [0.5, 0.6) is 5.75 Å². The van der Waals surface area contributed by atoms with Crippen LogP contribution in [0.4, 0.5) is 11.6 Å². The topological polar surface area (TPSA) is 93.2 Å². The number of carbonyl (C=O) groups excluding carboxylic acids is 2. The average molecular weight is 390 g/mol. The third-order valence-electron chi connectivity index (χ3n) is 4.22. The molecule has 0 spiro atoms. The summed E-state index contributed by atoms with van der Waals surface area (Å²) in [5, 5.41) is 5.91. The number of hydrogen-bond donors (Lipinski definition) is 2. The highest BCUT2D eigenvalue weighted by atomic mass is 16.5. The molecule has 0 radical (unpaired) electrons. The first-order chi connectivity index (χ1) is 13.9. The molecule has 0 bridgehead atoms. The van der Waals surface area contributed by atoms with Crippen molar-refractivity contribution < 1.29 is 14.3 Å². The third kappa shape index (κ3) is 5.38. The van der Waals surface area contributed by atoms with Crippen LogP contribution in [0.2, 0.25) is 0 Å². The smallest absolute Gasteiger partial charge is 0.270 e. The summed E-state index contributed by atoms with van der Waals surface area (Å²) >= 11 is 0. The fourth-order valence-corrected chi connectivity index (χ4v) is 2.70. The summed E-state index contributed by atoms with van der Waals surface area (Å²) in [6.45, 7) is 3.67. The molecule has 0 fully saturated rings. The highest BCUT2D eigenvalue weighted by molar-refractivity contribution is 5.95. The number of ether oxygens (including phenoxy) is 1. The quantitative estimate of drug-likeness (QED) is 0.598. The molecule has 0 atom stereocenters. The summed E-state index contributed by atoms with van der Waals surface area (Å²) in [4.78, 5) is 32.7. The second kappa shape index (κ2) is 8.97. The van der Waals surface area contributed by atoms with Crippen molar-refractivity contribution in [3.05, 3.63) is 77.1 Å². The Morgan fingerprint density at radius 1 is 1.03 bits per heavy atom. The van der Waals surface area contributed by atoms with Crippen molar-refractivity contribution in [3.63, 3.8) is 0 Å². The van der Waals surface area contributed by atoms with Crippen LogP contribution in [0.15, 0.2) is 54.6 Å². The lowest BCUT2D eigenvalue weighted by molar-refractivity contribution is 0.0945. The van der Waals surface area contributed by atoms with Crippen LogP contribution in [0.25, 0.3) is 0 Å². The van der Waals surface area contributed by atoms with Gasteiger partial charge in [-0.15, -0.1) is 0 Å². The molecule has 0 aliphatic heterocycles. The van der Waals surface area contributed by atoms with E-state index >= 15 is 0 Å². The lowest BCUT2D eigenvalue weighted by Crippen LogP contribution is -2.24. The molecule has 0 saturated heterocycles. The lowest BCUT2D eigenvalue weighted by Gasteiger charge is -2.10. The molecule has 2 N–H and O–H groups in total.